The molecule has 1 saturated heterocycles. The fourth-order valence-electron chi connectivity index (χ4n) is 1.48. The van der Waals surface area contributed by atoms with Gasteiger partial charge in [-0.2, -0.15) is 0 Å². The zero-order valence-corrected chi connectivity index (χ0v) is 8.68. The Morgan fingerprint density at radius 3 is 2.73 bits per heavy atom. The van der Waals surface area contributed by atoms with E-state index < -0.39 is 0 Å². The predicted octanol–water partition coefficient (Wildman–Crippen LogP) is 1.44. The minimum absolute atomic E-state index is 0.00502. The summed E-state index contributed by atoms with van der Waals surface area (Å²) in [7, 11) is 0. The first-order valence-electron chi connectivity index (χ1n) is 5.06. The van der Waals surface area contributed by atoms with E-state index in [9.17, 15) is 4.79 Å². The van der Waals surface area contributed by atoms with E-state index in [1.165, 1.54) is 5.56 Å². The number of nitrogens with zero attached hydrogens (tertiary/aromatic N) is 1. The number of hydrogen-bond acceptors (Lipinski definition) is 2. The average molecular weight is 202 g/mol. The fraction of sp³-hybridized carbons (Fsp3) is 0.250. The summed E-state index contributed by atoms with van der Waals surface area (Å²) in [6.45, 7) is 2.65. The lowest BCUT2D eigenvalue weighted by atomic mass is 10.2. The van der Waals surface area contributed by atoms with Gasteiger partial charge >= 0.3 is 0 Å². The van der Waals surface area contributed by atoms with Gasteiger partial charge in [0.05, 0.1) is 0 Å². The number of amides is 1. The van der Waals surface area contributed by atoms with Crippen molar-refractivity contribution < 1.29 is 4.79 Å². The molecule has 1 amide bonds. The third kappa shape index (κ3) is 2.25. The van der Waals surface area contributed by atoms with Gasteiger partial charge in [0.25, 0.3) is 5.91 Å². The maximum Gasteiger partial charge on any atom is 0.253 e. The predicted molar refractivity (Wildman–Crippen MR) is 59.8 cm³/mol. The van der Waals surface area contributed by atoms with Gasteiger partial charge in [-0.25, -0.2) is 5.01 Å². The van der Waals surface area contributed by atoms with Crippen LogP contribution in [0.25, 0.3) is 6.08 Å². The maximum atomic E-state index is 10.9. The zero-order chi connectivity index (χ0) is 10.7. The maximum absolute atomic E-state index is 10.9. The summed E-state index contributed by atoms with van der Waals surface area (Å²) in [5.74, 6) is 0.100. The molecule has 0 bridgehead atoms. The van der Waals surface area contributed by atoms with Gasteiger partial charge in [0.15, 0.2) is 0 Å². The van der Waals surface area contributed by atoms with E-state index in [0.717, 1.165) is 6.54 Å². The smallest absolute Gasteiger partial charge is 0.253 e. The van der Waals surface area contributed by atoms with Gasteiger partial charge in [-0.15, -0.1) is 0 Å². The molecule has 1 aliphatic rings. The lowest BCUT2D eigenvalue weighted by molar-refractivity contribution is -0.146. The lowest BCUT2D eigenvalue weighted by Gasteiger charge is -2.37. The molecule has 3 nitrogen and oxygen atoms in total. The molecule has 1 atom stereocenters. The van der Waals surface area contributed by atoms with Gasteiger partial charge < -0.3 is 0 Å². The van der Waals surface area contributed by atoms with E-state index in [1.54, 1.807) is 0 Å². The Morgan fingerprint density at radius 2 is 2.13 bits per heavy atom. The van der Waals surface area contributed by atoms with Crippen LogP contribution in [0.4, 0.5) is 0 Å². The second-order valence-corrected chi connectivity index (χ2v) is 3.62. The van der Waals surface area contributed by atoms with E-state index in [1.807, 2.05) is 36.2 Å². The molecular formula is C12H14N2O. The van der Waals surface area contributed by atoms with Crippen LogP contribution in [0.1, 0.15) is 12.5 Å². The first kappa shape index (κ1) is 9.93. The van der Waals surface area contributed by atoms with Crippen LogP contribution in [0.5, 0.6) is 0 Å². The summed E-state index contributed by atoms with van der Waals surface area (Å²) < 4.78 is 0. The van der Waals surface area contributed by atoms with Crippen LogP contribution >= 0.6 is 0 Å². The monoisotopic (exact) mass is 202 g/mol. The minimum Gasteiger partial charge on any atom is -0.286 e. The minimum atomic E-state index is 0.00502. The number of rotatable bonds is 3. The average Bonchev–Trinajstić information content (AvgIpc) is 2.29. The summed E-state index contributed by atoms with van der Waals surface area (Å²) in [6, 6.07) is 10.1. The molecule has 1 heterocycles. The highest BCUT2D eigenvalue weighted by Crippen LogP contribution is 2.07. The van der Waals surface area contributed by atoms with Gasteiger partial charge in [-0.3, -0.25) is 10.2 Å². The number of carbonyl (C=O) groups is 1. The molecule has 0 aliphatic carbocycles. The number of benzene rings is 1. The van der Waals surface area contributed by atoms with E-state index in [-0.39, 0.29) is 11.9 Å². The summed E-state index contributed by atoms with van der Waals surface area (Å²) >= 11 is 0. The molecule has 0 aromatic heterocycles. The van der Waals surface area contributed by atoms with E-state index >= 15 is 0 Å². The van der Waals surface area contributed by atoms with Crippen LogP contribution in [0.2, 0.25) is 0 Å². The molecule has 1 fully saturated rings. The number of carbonyl (C=O) groups excluding carboxylic acids is 1. The quantitative estimate of drug-likeness (QED) is 0.804. The van der Waals surface area contributed by atoms with Crippen molar-refractivity contribution in [2.45, 2.75) is 13.0 Å². The molecule has 0 spiro atoms. The summed E-state index contributed by atoms with van der Waals surface area (Å²) in [6.07, 6.45) is 4.10. The van der Waals surface area contributed by atoms with Crippen molar-refractivity contribution in [3.8, 4) is 0 Å². The van der Waals surface area contributed by atoms with Gasteiger partial charge in [-0.05, 0) is 12.5 Å². The Hall–Kier alpha value is -1.61. The SMILES string of the molecule is CC1C(=O)NN1CC=Cc1ccccc1. The first-order chi connectivity index (χ1) is 7.27. The van der Waals surface area contributed by atoms with Crippen molar-refractivity contribution in [3.63, 3.8) is 0 Å². The van der Waals surface area contributed by atoms with Gasteiger partial charge in [0, 0.05) is 6.54 Å². The molecule has 2 rings (SSSR count). The zero-order valence-electron chi connectivity index (χ0n) is 8.68. The van der Waals surface area contributed by atoms with E-state index in [0.29, 0.717) is 0 Å². The fourth-order valence-corrected chi connectivity index (χ4v) is 1.48. The molecule has 1 aliphatic heterocycles. The highest BCUT2D eigenvalue weighted by molar-refractivity contribution is 5.85. The normalized spacial score (nSPS) is 21.4. The lowest BCUT2D eigenvalue weighted by Crippen LogP contribution is -2.65. The summed E-state index contributed by atoms with van der Waals surface area (Å²) in [4.78, 5) is 10.9. The molecule has 1 aromatic carbocycles. The Kier molecular flexibility index (Phi) is 2.83. The Morgan fingerprint density at radius 1 is 1.40 bits per heavy atom. The Labute approximate surface area is 89.4 Å². The number of hydrazine groups is 1. The third-order valence-corrected chi connectivity index (χ3v) is 2.51. The molecule has 15 heavy (non-hydrogen) atoms. The molecule has 1 N–H and O–H groups in total. The van der Waals surface area contributed by atoms with Crippen molar-refractivity contribution in [3.05, 3.63) is 42.0 Å². The Balaban J connectivity index is 1.84. The van der Waals surface area contributed by atoms with Crippen LogP contribution in [0.3, 0.4) is 0 Å². The standard InChI is InChI=1S/C12H14N2O/c1-10-12(15)13-14(10)9-5-8-11-6-3-2-4-7-11/h2-8,10H,9H2,1H3,(H,13,15). The van der Waals surface area contributed by atoms with Gasteiger partial charge in [-0.1, -0.05) is 42.5 Å². The first-order valence-corrected chi connectivity index (χ1v) is 5.06. The van der Waals surface area contributed by atoms with Crippen LogP contribution < -0.4 is 5.43 Å². The van der Waals surface area contributed by atoms with Crippen LogP contribution in [-0.4, -0.2) is 23.5 Å². The van der Waals surface area contributed by atoms with Crippen LogP contribution in [-0.2, 0) is 4.79 Å². The highest BCUT2D eigenvalue weighted by atomic mass is 16.2. The van der Waals surface area contributed by atoms with Gasteiger partial charge in [0.2, 0.25) is 0 Å². The van der Waals surface area contributed by atoms with Crippen molar-refractivity contribution >= 4 is 12.0 Å². The highest BCUT2D eigenvalue weighted by Gasteiger charge is 2.31. The molecule has 1 unspecified atom stereocenters. The van der Waals surface area contributed by atoms with Crippen molar-refractivity contribution in [1.82, 2.24) is 10.4 Å². The number of hydrogen-bond donors (Lipinski definition) is 1. The molecule has 78 valence electrons. The van der Waals surface area contributed by atoms with Crippen molar-refractivity contribution in [2.75, 3.05) is 6.54 Å². The van der Waals surface area contributed by atoms with Crippen LogP contribution in [0, 0.1) is 0 Å². The summed E-state index contributed by atoms with van der Waals surface area (Å²) in [5.41, 5.74) is 3.90. The number of nitrogens with one attached hydrogen (secondary N) is 1. The van der Waals surface area contributed by atoms with Crippen molar-refractivity contribution in [2.24, 2.45) is 0 Å². The molecule has 0 saturated carbocycles. The second kappa shape index (κ2) is 4.28. The van der Waals surface area contributed by atoms with E-state index in [2.05, 4.69) is 23.6 Å². The molecule has 1 aromatic rings. The second-order valence-electron chi connectivity index (χ2n) is 3.62. The molecule has 0 radical (unpaired) electrons. The van der Waals surface area contributed by atoms with E-state index in [4.69, 9.17) is 0 Å². The largest absolute Gasteiger partial charge is 0.286 e. The van der Waals surface area contributed by atoms with Crippen molar-refractivity contribution in [1.29, 1.82) is 0 Å². The van der Waals surface area contributed by atoms with Gasteiger partial charge in [0.1, 0.15) is 6.04 Å². The topological polar surface area (TPSA) is 32.3 Å². The Bertz CT molecular complexity index is 372. The molecule has 3 heteroatoms. The van der Waals surface area contributed by atoms with Crippen LogP contribution in [0.15, 0.2) is 36.4 Å². The summed E-state index contributed by atoms with van der Waals surface area (Å²) in [5, 5.41) is 1.90. The molecular weight excluding hydrogens is 188 g/mol. The third-order valence-electron chi connectivity index (χ3n) is 2.51.